The summed E-state index contributed by atoms with van der Waals surface area (Å²) in [4.78, 5) is 23.5. The van der Waals surface area contributed by atoms with Crippen LogP contribution in [0.1, 0.15) is 65.7 Å². The molecule has 0 spiro atoms. The van der Waals surface area contributed by atoms with Crippen molar-refractivity contribution in [1.82, 2.24) is 10.6 Å². The number of carbonyl (C=O) groups is 2. The number of hydrogen-bond acceptors (Lipinski definition) is 2. The summed E-state index contributed by atoms with van der Waals surface area (Å²) in [5.41, 5.74) is -1.06. The monoisotopic (exact) mass is 284 g/mol. The van der Waals surface area contributed by atoms with Crippen LogP contribution in [0.5, 0.6) is 0 Å². The molecule has 0 aromatic rings. The molecule has 1 rings (SSSR count). The fourth-order valence-corrected chi connectivity index (χ4v) is 2.56. The molecule has 0 bridgehead atoms. The Bertz CT molecular complexity index is 345. The van der Waals surface area contributed by atoms with Crippen LogP contribution in [0.25, 0.3) is 0 Å². The highest BCUT2D eigenvalue weighted by molar-refractivity contribution is 5.78. The van der Waals surface area contributed by atoms with Crippen LogP contribution in [-0.2, 0) is 4.79 Å². The van der Waals surface area contributed by atoms with E-state index in [2.05, 4.69) is 10.6 Å². The molecule has 2 amide bonds. The van der Waals surface area contributed by atoms with Crippen LogP contribution < -0.4 is 10.6 Å². The van der Waals surface area contributed by atoms with Gasteiger partial charge in [-0.3, -0.25) is 4.79 Å². The molecular weight excluding hydrogens is 256 g/mol. The number of carboxylic acid groups (broad SMARTS) is 1. The SMILES string of the molecule is CCC(C)(C)NC(=O)NCC1(C(=O)O)CCCCCC1. The van der Waals surface area contributed by atoms with Crippen molar-refractivity contribution in [3.05, 3.63) is 0 Å². The van der Waals surface area contributed by atoms with E-state index in [9.17, 15) is 14.7 Å². The predicted octanol–water partition coefficient (Wildman–Crippen LogP) is 2.90. The fraction of sp³-hybridized carbons (Fsp3) is 0.867. The van der Waals surface area contributed by atoms with Crippen LogP contribution in [0, 0.1) is 5.41 Å². The number of hydrogen-bond donors (Lipinski definition) is 3. The summed E-state index contributed by atoms with van der Waals surface area (Å²) in [6.07, 6.45) is 6.16. The summed E-state index contributed by atoms with van der Waals surface area (Å²) in [5, 5.41) is 15.2. The molecule has 20 heavy (non-hydrogen) atoms. The molecule has 0 atom stereocenters. The lowest BCUT2D eigenvalue weighted by Crippen LogP contribution is -2.51. The molecule has 1 saturated carbocycles. The van der Waals surface area contributed by atoms with Crippen molar-refractivity contribution < 1.29 is 14.7 Å². The Balaban J connectivity index is 2.59. The number of carbonyl (C=O) groups excluding carboxylic acids is 1. The van der Waals surface area contributed by atoms with E-state index in [-0.39, 0.29) is 18.1 Å². The standard InChI is InChI=1S/C15H28N2O3/c1-4-14(2,3)17-13(20)16-11-15(12(18)19)9-7-5-6-8-10-15/h4-11H2,1-3H3,(H,18,19)(H2,16,17,20). The van der Waals surface area contributed by atoms with E-state index < -0.39 is 11.4 Å². The summed E-state index contributed by atoms with van der Waals surface area (Å²) in [7, 11) is 0. The van der Waals surface area contributed by atoms with Crippen LogP contribution in [0.15, 0.2) is 0 Å². The third-order valence-corrected chi connectivity index (χ3v) is 4.44. The van der Waals surface area contributed by atoms with Crippen LogP contribution in [-0.4, -0.2) is 29.2 Å². The fourth-order valence-electron chi connectivity index (χ4n) is 2.56. The molecule has 3 N–H and O–H groups in total. The quantitative estimate of drug-likeness (QED) is 0.679. The Morgan fingerprint density at radius 1 is 1.15 bits per heavy atom. The Morgan fingerprint density at radius 2 is 1.70 bits per heavy atom. The Morgan fingerprint density at radius 3 is 2.15 bits per heavy atom. The van der Waals surface area contributed by atoms with Gasteiger partial charge in [-0.25, -0.2) is 4.79 Å². The molecule has 5 heteroatoms. The molecule has 0 unspecified atom stereocenters. The first-order valence-corrected chi connectivity index (χ1v) is 7.61. The molecule has 5 nitrogen and oxygen atoms in total. The van der Waals surface area contributed by atoms with Crippen LogP contribution >= 0.6 is 0 Å². The van der Waals surface area contributed by atoms with E-state index in [0.29, 0.717) is 12.8 Å². The van der Waals surface area contributed by atoms with E-state index in [0.717, 1.165) is 32.1 Å². The molecule has 1 aliphatic carbocycles. The maximum Gasteiger partial charge on any atom is 0.315 e. The predicted molar refractivity (Wildman–Crippen MR) is 78.7 cm³/mol. The molecule has 0 heterocycles. The molecular formula is C15H28N2O3. The van der Waals surface area contributed by atoms with Crippen molar-refractivity contribution in [2.45, 2.75) is 71.3 Å². The average Bonchev–Trinajstić information content (AvgIpc) is 2.62. The average molecular weight is 284 g/mol. The zero-order chi connectivity index (χ0) is 15.2. The first kappa shape index (κ1) is 16.8. The van der Waals surface area contributed by atoms with Gasteiger partial charge in [0.25, 0.3) is 0 Å². The van der Waals surface area contributed by atoms with Crippen LogP contribution in [0.2, 0.25) is 0 Å². The Kier molecular flexibility index (Phi) is 5.84. The topological polar surface area (TPSA) is 78.4 Å². The lowest BCUT2D eigenvalue weighted by Gasteiger charge is -2.30. The van der Waals surface area contributed by atoms with Crippen molar-refractivity contribution >= 4 is 12.0 Å². The van der Waals surface area contributed by atoms with Gasteiger partial charge < -0.3 is 15.7 Å². The van der Waals surface area contributed by atoms with Crippen molar-refractivity contribution in [1.29, 1.82) is 0 Å². The van der Waals surface area contributed by atoms with Crippen LogP contribution in [0.4, 0.5) is 4.79 Å². The smallest absolute Gasteiger partial charge is 0.315 e. The highest BCUT2D eigenvalue weighted by Crippen LogP contribution is 2.34. The molecule has 0 radical (unpaired) electrons. The molecule has 0 aromatic heterocycles. The Labute approximate surface area is 121 Å². The largest absolute Gasteiger partial charge is 0.481 e. The third-order valence-electron chi connectivity index (χ3n) is 4.44. The van der Waals surface area contributed by atoms with Gasteiger partial charge in [0, 0.05) is 12.1 Å². The van der Waals surface area contributed by atoms with Gasteiger partial charge in [0.1, 0.15) is 0 Å². The molecule has 116 valence electrons. The number of rotatable bonds is 5. The lowest BCUT2D eigenvalue weighted by atomic mass is 9.80. The van der Waals surface area contributed by atoms with Gasteiger partial charge in [-0.15, -0.1) is 0 Å². The highest BCUT2D eigenvalue weighted by atomic mass is 16.4. The minimum absolute atomic E-state index is 0.216. The first-order chi connectivity index (χ1) is 9.31. The van der Waals surface area contributed by atoms with Crippen molar-refractivity contribution in [2.75, 3.05) is 6.54 Å². The van der Waals surface area contributed by atoms with Gasteiger partial charge in [0.15, 0.2) is 0 Å². The number of nitrogens with one attached hydrogen (secondary N) is 2. The van der Waals surface area contributed by atoms with E-state index in [4.69, 9.17) is 0 Å². The van der Waals surface area contributed by atoms with Gasteiger partial charge in [-0.05, 0) is 33.1 Å². The summed E-state index contributed by atoms with van der Waals surface area (Å²) >= 11 is 0. The first-order valence-electron chi connectivity index (χ1n) is 7.61. The summed E-state index contributed by atoms with van der Waals surface area (Å²) in [6, 6.07) is -0.276. The Hall–Kier alpha value is -1.26. The van der Waals surface area contributed by atoms with Crippen molar-refractivity contribution in [3.63, 3.8) is 0 Å². The molecule has 1 aliphatic rings. The number of urea groups is 1. The maximum absolute atomic E-state index is 11.9. The highest BCUT2D eigenvalue weighted by Gasteiger charge is 2.39. The van der Waals surface area contributed by atoms with E-state index in [1.807, 2.05) is 20.8 Å². The summed E-state index contributed by atoms with van der Waals surface area (Å²) in [6.45, 7) is 6.12. The second-order valence-electron chi connectivity index (χ2n) is 6.54. The normalized spacial score (nSPS) is 18.9. The molecule has 0 saturated heterocycles. The second-order valence-corrected chi connectivity index (χ2v) is 6.54. The number of aliphatic carboxylic acids is 1. The van der Waals surface area contributed by atoms with Gasteiger partial charge >= 0.3 is 12.0 Å². The van der Waals surface area contributed by atoms with Gasteiger partial charge in [-0.1, -0.05) is 32.6 Å². The van der Waals surface area contributed by atoms with Gasteiger partial charge in [0.2, 0.25) is 0 Å². The number of carboxylic acids is 1. The molecule has 0 aromatic carbocycles. The van der Waals surface area contributed by atoms with E-state index in [1.165, 1.54) is 0 Å². The van der Waals surface area contributed by atoms with Gasteiger partial charge in [-0.2, -0.15) is 0 Å². The molecule has 1 fully saturated rings. The van der Waals surface area contributed by atoms with Crippen molar-refractivity contribution in [2.24, 2.45) is 5.41 Å². The van der Waals surface area contributed by atoms with E-state index >= 15 is 0 Å². The maximum atomic E-state index is 11.9. The molecule has 0 aliphatic heterocycles. The minimum Gasteiger partial charge on any atom is -0.481 e. The zero-order valence-electron chi connectivity index (χ0n) is 12.9. The second kappa shape index (κ2) is 6.95. The van der Waals surface area contributed by atoms with Crippen LogP contribution in [0.3, 0.4) is 0 Å². The summed E-state index contributed by atoms with van der Waals surface area (Å²) in [5.74, 6) is -0.783. The van der Waals surface area contributed by atoms with E-state index in [1.54, 1.807) is 0 Å². The summed E-state index contributed by atoms with van der Waals surface area (Å²) < 4.78 is 0. The zero-order valence-corrected chi connectivity index (χ0v) is 12.9. The minimum atomic E-state index is -0.788. The van der Waals surface area contributed by atoms with Crippen molar-refractivity contribution in [3.8, 4) is 0 Å². The lowest BCUT2D eigenvalue weighted by molar-refractivity contribution is -0.149. The third kappa shape index (κ3) is 4.69. The number of amides is 2. The van der Waals surface area contributed by atoms with Gasteiger partial charge in [0.05, 0.1) is 5.41 Å².